The Labute approximate surface area is 164 Å². The van der Waals surface area contributed by atoms with Gasteiger partial charge in [-0.3, -0.25) is 9.89 Å². The molecule has 1 aliphatic carbocycles. The monoisotopic (exact) mass is 454 g/mol. The molecule has 2 aliphatic rings. The Kier molecular flexibility index (Phi) is 11.2. The molecule has 1 saturated carbocycles. The number of rotatable bonds is 9. The molecule has 2 rings (SSSR count). The zero-order chi connectivity index (χ0) is 16.5. The van der Waals surface area contributed by atoms with E-state index in [4.69, 9.17) is 9.47 Å². The fraction of sp³-hybridized carbons (Fsp3) is 0.941. The van der Waals surface area contributed by atoms with Crippen LogP contribution in [-0.2, 0) is 9.47 Å². The summed E-state index contributed by atoms with van der Waals surface area (Å²) in [6.45, 7) is 11.7. The van der Waals surface area contributed by atoms with E-state index in [0.29, 0.717) is 12.0 Å². The van der Waals surface area contributed by atoms with E-state index in [1.807, 2.05) is 7.05 Å². The number of nitrogens with one attached hydrogen (secondary N) is 2. The number of guanidine groups is 1. The maximum Gasteiger partial charge on any atom is 0.191 e. The fourth-order valence-electron chi connectivity index (χ4n) is 2.89. The predicted octanol–water partition coefficient (Wildman–Crippen LogP) is 1.55. The lowest BCUT2D eigenvalue weighted by atomic mass is 10.0. The van der Waals surface area contributed by atoms with Crippen molar-refractivity contribution in [2.45, 2.75) is 32.7 Å². The van der Waals surface area contributed by atoms with E-state index >= 15 is 0 Å². The van der Waals surface area contributed by atoms with Crippen molar-refractivity contribution in [3.63, 3.8) is 0 Å². The number of ether oxygens (including phenoxy) is 2. The van der Waals surface area contributed by atoms with E-state index in [2.05, 4.69) is 34.4 Å². The van der Waals surface area contributed by atoms with Crippen molar-refractivity contribution >= 4 is 29.9 Å². The summed E-state index contributed by atoms with van der Waals surface area (Å²) in [5, 5.41) is 6.79. The van der Waals surface area contributed by atoms with Gasteiger partial charge in [0.15, 0.2) is 5.96 Å². The molecule has 24 heavy (non-hydrogen) atoms. The van der Waals surface area contributed by atoms with Gasteiger partial charge in [-0.25, -0.2) is 0 Å². The molecule has 2 fully saturated rings. The number of aliphatic imine (C=N–C) groups is 1. The van der Waals surface area contributed by atoms with Crippen LogP contribution in [0.4, 0.5) is 0 Å². The van der Waals surface area contributed by atoms with Gasteiger partial charge in [-0.15, -0.1) is 24.0 Å². The SMILES string of the molecule is CN=C(NCCOCC1CC1)NCC(C(C)C)N1CCOCC1.I. The molecule has 0 amide bonds. The highest BCUT2D eigenvalue weighted by Crippen LogP contribution is 2.28. The van der Waals surface area contributed by atoms with Crippen molar-refractivity contribution in [1.29, 1.82) is 0 Å². The van der Waals surface area contributed by atoms with Crippen LogP contribution >= 0.6 is 24.0 Å². The van der Waals surface area contributed by atoms with Crippen molar-refractivity contribution in [2.24, 2.45) is 16.8 Å². The Bertz CT molecular complexity index is 358. The Morgan fingerprint density at radius 1 is 1.25 bits per heavy atom. The van der Waals surface area contributed by atoms with Gasteiger partial charge in [0.1, 0.15) is 0 Å². The molecule has 0 radical (unpaired) electrons. The molecule has 1 atom stereocenters. The zero-order valence-electron chi connectivity index (χ0n) is 15.4. The average molecular weight is 454 g/mol. The van der Waals surface area contributed by atoms with E-state index in [9.17, 15) is 0 Å². The quantitative estimate of drug-likeness (QED) is 0.240. The molecule has 2 N–H and O–H groups in total. The topological polar surface area (TPSA) is 58.1 Å². The first-order valence-corrected chi connectivity index (χ1v) is 9.04. The molecule has 6 nitrogen and oxygen atoms in total. The second kappa shape index (κ2) is 12.3. The molecule has 0 aromatic rings. The molecule has 0 aromatic heterocycles. The van der Waals surface area contributed by atoms with Gasteiger partial charge in [-0.2, -0.15) is 0 Å². The molecule has 7 heteroatoms. The molecule has 0 spiro atoms. The van der Waals surface area contributed by atoms with Crippen LogP contribution < -0.4 is 10.6 Å². The Morgan fingerprint density at radius 2 is 1.96 bits per heavy atom. The Hall–Kier alpha value is -0.120. The summed E-state index contributed by atoms with van der Waals surface area (Å²) in [6, 6.07) is 0.503. The van der Waals surface area contributed by atoms with Gasteiger partial charge in [-0.05, 0) is 24.7 Å². The van der Waals surface area contributed by atoms with E-state index in [1.54, 1.807) is 0 Å². The molecule has 1 aliphatic heterocycles. The molecule has 0 bridgehead atoms. The summed E-state index contributed by atoms with van der Waals surface area (Å²) < 4.78 is 11.1. The Morgan fingerprint density at radius 3 is 2.54 bits per heavy atom. The summed E-state index contributed by atoms with van der Waals surface area (Å²) >= 11 is 0. The third kappa shape index (κ3) is 8.31. The van der Waals surface area contributed by atoms with Crippen LogP contribution in [-0.4, -0.2) is 76.6 Å². The van der Waals surface area contributed by atoms with Crippen molar-refractivity contribution in [3.05, 3.63) is 0 Å². The number of hydrogen-bond donors (Lipinski definition) is 2. The van der Waals surface area contributed by atoms with Gasteiger partial charge in [0, 0.05) is 45.9 Å². The van der Waals surface area contributed by atoms with Crippen molar-refractivity contribution in [2.75, 3.05) is 59.7 Å². The van der Waals surface area contributed by atoms with Crippen LogP contribution in [0.2, 0.25) is 0 Å². The number of nitrogens with zero attached hydrogens (tertiary/aromatic N) is 2. The van der Waals surface area contributed by atoms with Gasteiger partial charge in [0.05, 0.1) is 19.8 Å². The fourth-order valence-corrected chi connectivity index (χ4v) is 2.89. The van der Waals surface area contributed by atoms with Gasteiger partial charge < -0.3 is 20.1 Å². The number of morpholine rings is 1. The third-order valence-corrected chi connectivity index (χ3v) is 4.58. The highest BCUT2D eigenvalue weighted by atomic mass is 127. The van der Waals surface area contributed by atoms with E-state index in [1.165, 1.54) is 12.8 Å². The van der Waals surface area contributed by atoms with Crippen LogP contribution in [0.3, 0.4) is 0 Å². The summed E-state index contributed by atoms with van der Waals surface area (Å²) in [4.78, 5) is 6.83. The average Bonchev–Trinajstić information content (AvgIpc) is 3.38. The predicted molar refractivity (Wildman–Crippen MR) is 109 cm³/mol. The number of halogens is 1. The van der Waals surface area contributed by atoms with Gasteiger partial charge in [-0.1, -0.05) is 13.8 Å². The van der Waals surface area contributed by atoms with Gasteiger partial charge in [0.25, 0.3) is 0 Å². The summed E-state index contributed by atoms with van der Waals surface area (Å²) in [7, 11) is 1.82. The van der Waals surface area contributed by atoms with E-state index < -0.39 is 0 Å². The maximum absolute atomic E-state index is 5.64. The van der Waals surface area contributed by atoms with Crippen molar-refractivity contribution in [1.82, 2.24) is 15.5 Å². The molecule has 0 aromatic carbocycles. The summed E-state index contributed by atoms with van der Waals surface area (Å²) in [5.74, 6) is 2.28. The first-order chi connectivity index (χ1) is 11.2. The molecule has 1 unspecified atom stereocenters. The lowest BCUT2D eigenvalue weighted by Crippen LogP contribution is -2.52. The molecular weight excluding hydrogens is 419 g/mol. The van der Waals surface area contributed by atoms with Crippen LogP contribution in [0.1, 0.15) is 26.7 Å². The smallest absolute Gasteiger partial charge is 0.191 e. The molecule has 1 saturated heterocycles. The first kappa shape index (κ1) is 21.9. The van der Waals surface area contributed by atoms with Gasteiger partial charge >= 0.3 is 0 Å². The molecular formula is C17H35IN4O2. The van der Waals surface area contributed by atoms with Crippen LogP contribution in [0.15, 0.2) is 4.99 Å². The minimum absolute atomic E-state index is 0. The van der Waals surface area contributed by atoms with Crippen LogP contribution in [0.5, 0.6) is 0 Å². The second-order valence-corrected chi connectivity index (χ2v) is 6.86. The summed E-state index contributed by atoms with van der Waals surface area (Å²) in [5.41, 5.74) is 0. The normalized spacial score (nSPS) is 20.6. The lowest BCUT2D eigenvalue weighted by Gasteiger charge is -2.37. The highest BCUT2D eigenvalue weighted by molar-refractivity contribution is 14.0. The lowest BCUT2D eigenvalue weighted by molar-refractivity contribution is 0.00751. The van der Waals surface area contributed by atoms with Crippen molar-refractivity contribution < 1.29 is 9.47 Å². The molecule has 142 valence electrons. The molecule has 1 heterocycles. The van der Waals surface area contributed by atoms with Gasteiger partial charge in [0.2, 0.25) is 0 Å². The second-order valence-electron chi connectivity index (χ2n) is 6.86. The number of hydrogen-bond acceptors (Lipinski definition) is 4. The Balaban J connectivity index is 0.00000288. The third-order valence-electron chi connectivity index (χ3n) is 4.58. The van der Waals surface area contributed by atoms with E-state index in [0.717, 1.165) is 64.5 Å². The minimum atomic E-state index is 0. The minimum Gasteiger partial charge on any atom is -0.379 e. The zero-order valence-corrected chi connectivity index (χ0v) is 17.8. The first-order valence-electron chi connectivity index (χ1n) is 9.04. The van der Waals surface area contributed by atoms with Crippen molar-refractivity contribution in [3.8, 4) is 0 Å². The highest BCUT2D eigenvalue weighted by Gasteiger charge is 2.24. The largest absolute Gasteiger partial charge is 0.379 e. The van der Waals surface area contributed by atoms with Crippen LogP contribution in [0, 0.1) is 11.8 Å². The standard InChI is InChI=1S/C17H34N4O2.HI/c1-14(2)16(21-7-10-22-11-8-21)12-20-17(18-3)19-6-9-23-13-15-4-5-15;/h14-16H,4-13H2,1-3H3,(H2,18,19,20);1H. The van der Waals surface area contributed by atoms with Crippen LogP contribution in [0.25, 0.3) is 0 Å². The maximum atomic E-state index is 5.64. The van der Waals surface area contributed by atoms with E-state index in [-0.39, 0.29) is 24.0 Å². The summed E-state index contributed by atoms with van der Waals surface area (Å²) in [6.07, 6.45) is 2.68.